The summed E-state index contributed by atoms with van der Waals surface area (Å²) in [7, 11) is 0. The van der Waals surface area contributed by atoms with Crippen molar-refractivity contribution in [3.05, 3.63) is 34.4 Å². The summed E-state index contributed by atoms with van der Waals surface area (Å²) >= 11 is 3.48. The summed E-state index contributed by atoms with van der Waals surface area (Å²) in [6.45, 7) is 3.50. The van der Waals surface area contributed by atoms with Gasteiger partial charge in [-0.05, 0) is 36.1 Å². The third-order valence-corrected chi connectivity index (χ3v) is 3.16. The fraction of sp³-hybridized carbons (Fsp3) is 0.167. The molecule has 0 atom stereocenters. The highest BCUT2D eigenvalue weighted by Crippen LogP contribution is 2.24. The maximum atomic E-state index is 10.9. The van der Waals surface area contributed by atoms with Crippen LogP contribution in [0.3, 0.4) is 0 Å². The number of pyridine rings is 1. The van der Waals surface area contributed by atoms with Gasteiger partial charge in [0.15, 0.2) is 0 Å². The van der Waals surface area contributed by atoms with E-state index >= 15 is 0 Å². The number of benzene rings is 1. The monoisotopic (exact) mass is 278 g/mol. The molecule has 0 unspecified atom stereocenters. The van der Waals surface area contributed by atoms with Gasteiger partial charge in [0.1, 0.15) is 5.82 Å². The van der Waals surface area contributed by atoms with Crippen LogP contribution in [-0.2, 0) is 4.79 Å². The molecule has 1 aromatic carbocycles. The third kappa shape index (κ3) is 2.22. The number of hydrogen-bond acceptors (Lipinski definition) is 2. The van der Waals surface area contributed by atoms with E-state index in [-0.39, 0.29) is 5.91 Å². The zero-order chi connectivity index (χ0) is 11.7. The number of nitrogens with one attached hydrogen (secondary N) is 1. The molecule has 0 radical (unpaired) electrons. The molecule has 0 spiro atoms. The van der Waals surface area contributed by atoms with Gasteiger partial charge in [-0.2, -0.15) is 0 Å². The largest absolute Gasteiger partial charge is 0.311 e. The quantitative estimate of drug-likeness (QED) is 0.870. The summed E-state index contributed by atoms with van der Waals surface area (Å²) < 4.78 is 1.06. The zero-order valence-electron chi connectivity index (χ0n) is 9.04. The predicted molar refractivity (Wildman–Crippen MR) is 68.5 cm³/mol. The Morgan fingerprint density at radius 2 is 2.06 bits per heavy atom. The SMILES string of the molecule is CC(=O)Nc1cc2cc(Br)c(C)cc2cn1. The molecule has 2 rings (SSSR count). The number of carbonyl (C=O) groups is 1. The van der Waals surface area contributed by atoms with E-state index in [4.69, 9.17) is 0 Å². The number of anilines is 1. The maximum absolute atomic E-state index is 10.9. The van der Waals surface area contributed by atoms with Crippen molar-refractivity contribution in [1.82, 2.24) is 4.98 Å². The van der Waals surface area contributed by atoms with Gasteiger partial charge in [0.2, 0.25) is 5.91 Å². The Morgan fingerprint density at radius 3 is 2.75 bits per heavy atom. The molecule has 2 aromatic rings. The molecule has 0 fully saturated rings. The van der Waals surface area contributed by atoms with Gasteiger partial charge in [-0.15, -0.1) is 0 Å². The van der Waals surface area contributed by atoms with Crippen LogP contribution >= 0.6 is 15.9 Å². The molecule has 0 aliphatic carbocycles. The van der Waals surface area contributed by atoms with E-state index in [0.29, 0.717) is 5.82 Å². The van der Waals surface area contributed by atoms with Gasteiger partial charge >= 0.3 is 0 Å². The van der Waals surface area contributed by atoms with Gasteiger partial charge in [0.25, 0.3) is 0 Å². The molecule has 0 aliphatic heterocycles. The first-order valence-electron chi connectivity index (χ1n) is 4.90. The highest BCUT2D eigenvalue weighted by Gasteiger charge is 2.02. The Kier molecular flexibility index (Phi) is 2.92. The second kappa shape index (κ2) is 4.22. The lowest BCUT2D eigenvalue weighted by atomic mass is 10.1. The minimum Gasteiger partial charge on any atom is -0.311 e. The molecule has 16 heavy (non-hydrogen) atoms. The van der Waals surface area contributed by atoms with Crippen molar-refractivity contribution in [1.29, 1.82) is 0 Å². The smallest absolute Gasteiger partial charge is 0.222 e. The summed E-state index contributed by atoms with van der Waals surface area (Å²) in [5, 5.41) is 4.78. The molecule has 0 bridgehead atoms. The lowest BCUT2D eigenvalue weighted by Gasteiger charge is -2.05. The second-order valence-corrected chi connectivity index (χ2v) is 4.55. The van der Waals surface area contributed by atoms with E-state index in [0.717, 1.165) is 15.2 Å². The first-order chi connectivity index (χ1) is 7.56. The number of hydrogen-bond donors (Lipinski definition) is 1. The number of fused-ring (bicyclic) bond motifs is 1. The molecule has 0 aliphatic rings. The highest BCUT2D eigenvalue weighted by atomic mass is 79.9. The van der Waals surface area contributed by atoms with Crippen LogP contribution in [0.25, 0.3) is 10.8 Å². The van der Waals surface area contributed by atoms with Crippen LogP contribution in [0.2, 0.25) is 0 Å². The first kappa shape index (κ1) is 11.1. The van der Waals surface area contributed by atoms with E-state index in [1.54, 1.807) is 6.20 Å². The summed E-state index contributed by atoms with van der Waals surface area (Å²) in [5.74, 6) is 0.466. The number of amides is 1. The van der Waals surface area contributed by atoms with Crippen molar-refractivity contribution in [2.75, 3.05) is 5.32 Å². The molecule has 1 heterocycles. The van der Waals surface area contributed by atoms with Crippen molar-refractivity contribution < 1.29 is 4.79 Å². The highest BCUT2D eigenvalue weighted by molar-refractivity contribution is 9.10. The van der Waals surface area contributed by atoms with Crippen LogP contribution in [0.4, 0.5) is 5.82 Å². The summed E-state index contributed by atoms with van der Waals surface area (Å²) in [6, 6.07) is 5.95. The molecule has 0 saturated carbocycles. The second-order valence-electron chi connectivity index (χ2n) is 3.70. The molecule has 0 saturated heterocycles. The van der Waals surface area contributed by atoms with Crippen molar-refractivity contribution in [3.8, 4) is 0 Å². The number of aryl methyl sites for hydroxylation is 1. The van der Waals surface area contributed by atoms with Crippen LogP contribution in [0.5, 0.6) is 0 Å². The first-order valence-corrected chi connectivity index (χ1v) is 5.69. The standard InChI is InChI=1S/C12H11BrN2O/c1-7-3-10-6-14-12(15-8(2)16)5-9(10)4-11(7)13/h3-6H,1-2H3,(H,14,15,16). The Balaban J connectivity index is 2.53. The topological polar surface area (TPSA) is 42.0 Å². The predicted octanol–water partition coefficient (Wildman–Crippen LogP) is 3.26. The Labute approximate surface area is 102 Å². The van der Waals surface area contributed by atoms with Gasteiger partial charge in [-0.25, -0.2) is 4.98 Å². The Hall–Kier alpha value is -1.42. The van der Waals surface area contributed by atoms with Crippen LogP contribution in [0, 0.1) is 6.92 Å². The van der Waals surface area contributed by atoms with E-state index < -0.39 is 0 Å². The van der Waals surface area contributed by atoms with E-state index in [2.05, 4.69) is 32.3 Å². The third-order valence-electron chi connectivity index (χ3n) is 2.30. The average Bonchev–Trinajstić information content (AvgIpc) is 2.19. The van der Waals surface area contributed by atoms with Gasteiger partial charge in [0, 0.05) is 23.0 Å². The molecular weight excluding hydrogens is 268 g/mol. The summed E-state index contributed by atoms with van der Waals surface area (Å²) in [6.07, 6.45) is 1.76. The van der Waals surface area contributed by atoms with E-state index in [1.807, 2.05) is 19.1 Å². The Morgan fingerprint density at radius 1 is 1.31 bits per heavy atom. The molecule has 1 N–H and O–H groups in total. The van der Waals surface area contributed by atoms with E-state index in [9.17, 15) is 4.79 Å². The zero-order valence-corrected chi connectivity index (χ0v) is 10.6. The van der Waals surface area contributed by atoms with Gasteiger partial charge in [0.05, 0.1) is 0 Å². The van der Waals surface area contributed by atoms with Crippen molar-refractivity contribution in [2.24, 2.45) is 0 Å². The number of rotatable bonds is 1. The normalized spacial score (nSPS) is 10.4. The van der Waals surface area contributed by atoms with Crippen LogP contribution < -0.4 is 5.32 Å². The minimum absolute atomic E-state index is 0.113. The molecule has 4 heteroatoms. The minimum atomic E-state index is -0.113. The maximum Gasteiger partial charge on any atom is 0.222 e. The lowest BCUT2D eigenvalue weighted by Crippen LogP contribution is -2.06. The molecular formula is C12H11BrN2O. The van der Waals surface area contributed by atoms with Crippen LogP contribution in [-0.4, -0.2) is 10.9 Å². The van der Waals surface area contributed by atoms with Crippen LogP contribution in [0.1, 0.15) is 12.5 Å². The van der Waals surface area contributed by atoms with E-state index in [1.165, 1.54) is 12.5 Å². The lowest BCUT2D eigenvalue weighted by molar-refractivity contribution is -0.114. The van der Waals surface area contributed by atoms with Gasteiger partial charge in [-0.3, -0.25) is 4.79 Å². The van der Waals surface area contributed by atoms with Gasteiger partial charge < -0.3 is 5.32 Å². The number of halogens is 1. The van der Waals surface area contributed by atoms with Crippen molar-refractivity contribution in [2.45, 2.75) is 13.8 Å². The fourth-order valence-electron chi connectivity index (χ4n) is 1.53. The number of aromatic nitrogens is 1. The molecule has 1 aromatic heterocycles. The van der Waals surface area contributed by atoms with Crippen LogP contribution in [0.15, 0.2) is 28.9 Å². The molecule has 3 nitrogen and oxygen atoms in total. The molecule has 1 amide bonds. The fourth-order valence-corrected chi connectivity index (χ4v) is 1.89. The van der Waals surface area contributed by atoms with Crippen molar-refractivity contribution >= 4 is 38.4 Å². The van der Waals surface area contributed by atoms with Gasteiger partial charge in [-0.1, -0.05) is 15.9 Å². The summed E-state index contributed by atoms with van der Waals surface area (Å²) in [5.41, 5.74) is 1.17. The molecule has 82 valence electrons. The average molecular weight is 279 g/mol. The van der Waals surface area contributed by atoms with Crippen molar-refractivity contribution in [3.63, 3.8) is 0 Å². The number of nitrogens with zero attached hydrogens (tertiary/aromatic N) is 1. The Bertz CT molecular complexity index is 566. The summed E-state index contributed by atoms with van der Waals surface area (Å²) in [4.78, 5) is 15.1. The number of carbonyl (C=O) groups excluding carboxylic acids is 1.